The van der Waals surface area contributed by atoms with Gasteiger partial charge in [0.1, 0.15) is 6.33 Å². The normalized spacial score (nSPS) is 10.7. The van der Waals surface area contributed by atoms with Crippen LogP contribution in [0.2, 0.25) is 0 Å². The monoisotopic (exact) mass is 332 g/mol. The van der Waals surface area contributed by atoms with Crippen molar-refractivity contribution in [3.05, 3.63) is 46.6 Å². The Kier molecular flexibility index (Phi) is 4.24. The van der Waals surface area contributed by atoms with Crippen LogP contribution in [0.3, 0.4) is 0 Å². The molecule has 10 heteroatoms. The average molecular weight is 332 g/mol. The first-order chi connectivity index (χ1) is 11.1. The Morgan fingerprint density at radius 3 is 2.96 bits per heavy atom. The molecule has 0 aliphatic rings. The molecule has 0 saturated carbocycles. The van der Waals surface area contributed by atoms with E-state index in [0.717, 1.165) is 27.6 Å². The van der Waals surface area contributed by atoms with E-state index in [9.17, 15) is 9.59 Å². The molecule has 3 rings (SSSR count). The first-order valence-electron chi connectivity index (χ1n) is 6.57. The number of rotatable bonds is 5. The fourth-order valence-corrected chi connectivity index (χ4v) is 2.37. The Hall–Kier alpha value is -2.88. The molecule has 2 N–H and O–H groups in total. The van der Waals surface area contributed by atoms with E-state index in [1.807, 2.05) is 31.2 Å². The number of aromatic nitrogens is 5. The maximum absolute atomic E-state index is 11.7. The van der Waals surface area contributed by atoms with Crippen LogP contribution in [-0.2, 0) is 4.79 Å². The summed E-state index contributed by atoms with van der Waals surface area (Å²) in [4.78, 5) is 22.9. The van der Waals surface area contributed by atoms with Gasteiger partial charge in [-0.1, -0.05) is 30.0 Å². The summed E-state index contributed by atoms with van der Waals surface area (Å²) in [5.74, 6) is 0.0266. The third-order valence-electron chi connectivity index (χ3n) is 2.91. The van der Waals surface area contributed by atoms with Crippen molar-refractivity contribution in [2.24, 2.45) is 0 Å². The van der Waals surface area contributed by atoms with Crippen LogP contribution in [0.25, 0.3) is 11.5 Å². The van der Waals surface area contributed by atoms with Crippen molar-refractivity contribution in [1.82, 2.24) is 25.1 Å². The number of benzene rings is 1. The van der Waals surface area contributed by atoms with Crippen molar-refractivity contribution in [2.75, 3.05) is 11.2 Å². The molecule has 23 heavy (non-hydrogen) atoms. The molecule has 0 saturated heterocycles. The second-order valence-corrected chi connectivity index (χ2v) is 5.47. The van der Waals surface area contributed by atoms with E-state index in [1.54, 1.807) is 0 Å². The second-order valence-electron chi connectivity index (χ2n) is 4.54. The summed E-state index contributed by atoms with van der Waals surface area (Å²) >= 11 is 1.08. The molecule has 0 radical (unpaired) electrons. The number of amides is 1. The Balaban J connectivity index is 1.61. The number of nitrogens with one attached hydrogen (secondary N) is 2. The van der Waals surface area contributed by atoms with Gasteiger partial charge in [-0.05, 0) is 18.6 Å². The SMILES string of the molecule is Cc1ccccc1-c1nnc(SCC(=O)Nn2cn[nH]c2=O)o1. The summed E-state index contributed by atoms with van der Waals surface area (Å²) in [5.41, 5.74) is 3.71. The Bertz CT molecular complexity index is 883. The molecule has 9 nitrogen and oxygen atoms in total. The molecule has 1 aromatic carbocycles. The molecule has 0 aliphatic heterocycles. The zero-order valence-corrected chi connectivity index (χ0v) is 12.8. The third-order valence-corrected chi connectivity index (χ3v) is 3.72. The van der Waals surface area contributed by atoms with Crippen molar-refractivity contribution in [2.45, 2.75) is 12.1 Å². The van der Waals surface area contributed by atoms with Crippen LogP contribution >= 0.6 is 11.8 Å². The van der Waals surface area contributed by atoms with Gasteiger partial charge in [0.25, 0.3) is 5.22 Å². The molecule has 2 heterocycles. The van der Waals surface area contributed by atoms with Crippen LogP contribution in [0.1, 0.15) is 5.56 Å². The minimum atomic E-state index is -0.525. The van der Waals surface area contributed by atoms with Gasteiger partial charge in [-0.3, -0.25) is 10.2 Å². The Labute approximate surface area is 134 Å². The summed E-state index contributed by atoms with van der Waals surface area (Å²) in [6.07, 6.45) is 1.17. The minimum absolute atomic E-state index is 0.0209. The number of aromatic amines is 1. The van der Waals surface area contributed by atoms with Crippen LogP contribution in [0.4, 0.5) is 0 Å². The van der Waals surface area contributed by atoms with Gasteiger partial charge in [0.05, 0.1) is 5.75 Å². The molecular weight excluding hydrogens is 320 g/mol. The van der Waals surface area contributed by atoms with Crippen LogP contribution in [0.15, 0.2) is 45.0 Å². The predicted octanol–water partition coefficient (Wildman–Crippen LogP) is 0.792. The fourth-order valence-electron chi connectivity index (χ4n) is 1.81. The minimum Gasteiger partial charge on any atom is -0.411 e. The zero-order valence-electron chi connectivity index (χ0n) is 12.0. The molecule has 2 aromatic heterocycles. The number of carbonyl (C=O) groups is 1. The largest absolute Gasteiger partial charge is 0.411 e. The number of nitrogens with zero attached hydrogens (tertiary/aromatic N) is 4. The van der Waals surface area contributed by atoms with Crippen LogP contribution in [-0.4, -0.2) is 36.7 Å². The van der Waals surface area contributed by atoms with Gasteiger partial charge in [-0.25, -0.2) is 9.89 Å². The van der Waals surface area contributed by atoms with Crippen molar-refractivity contribution in [3.63, 3.8) is 0 Å². The van der Waals surface area contributed by atoms with E-state index in [0.29, 0.717) is 5.89 Å². The highest BCUT2D eigenvalue weighted by Crippen LogP contribution is 2.25. The molecule has 0 unspecified atom stereocenters. The summed E-state index contributed by atoms with van der Waals surface area (Å²) in [5, 5.41) is 13.8. The summed E-state index contributed by atoms with van der Waals surface area (Å²) in [6, 6.07) is 7.64. The lowest BCUT2D eigenvalue weighted by molar-refractivity contribution is -0.114. The van der Waals surface area contributed by atoms with E-state index in [2.05, 4.69) is 25.8 Å². The predicted molar refractivity (Wildman–Crippen MR) is 82.4 cm³/mol. The van der Waals surface area contributed by atoms with Gasteiger partial charge in [-0.15, -0.1) is 10.2 Å². The molecule has 118 valence electrons. The summed E-state index contributed by atoms with van der Waals surface area (Å²) < 4.78 is 6.49. The van der Waals surface area contributed by atoms with Crippen LogP contribution < -0.4 is 11.1 Å². The molecular formula is C13H12N6O3S. The zero-order chi connectivity index (χ0) is 16.2. The topological polar surface area (TPSA) is 119 Å². The van der Waals surface area contributed by atoms with E-state index in [-0.39, 0.29) is 11.0 Å². The standard InChI is InChI=1S/C13H12N6O3S/c1-8-4-2-3-5-9(8)11-15-17-13(22-11)23-6-10(20)18-19-7-14-16-12(19)21/h2-5,7H,6H2,1H3,(H,16,21)(H,18,20). The van der Waals surface area contributed by atoms with Gasteiger partial charge in [-0.2, -0.15) is 9.77 Å². The number of carbonyl (C=O) groups excluding carboxylic acids is 1. The number of H-pyrrole nitrogens is 1. The Morgan fingerprint density at radius 1 is 1.39 bits per heavy atom. The third kappa shape index (κ3) is 3.48. The van der Waals surface area contributed by atoms with Crippen molar-refractivity contribution in [3.8, 4) is 11.5 Å². The summed E-state index contributed by atoms with van der Waals surface area (Å²) in [6.45, 7) is 1.95. The maximum Gasteiger partial charge on any atom is 0.362 e. The van der Waals surface area contributed by atoms with Gasteiger partial charge in [0.15, 0.2) is 0 Å². The highest BCUT2D eigenvalue weighted by Gasteiger charge is 2.13. The number of aryl methyl sites for hydroxylation is 1. The highest BCUT2D eigenvalue weighted by molar-refractivity contribution is 7.99. The number of hydrogen-bond donors (Lipinski definition) is 2. The van der Waals surface area contributed by atoms with Gasteiger partial charge < -0.3 is 4.42 Å². The van der Waals surface area contributed by atoms with Gasteiger partial charge >= 0.3 is 5.69 Å². The molecule has 0 aliphatic carbocycles. The molecule has 1 amide bonds. The Morgan fingerprint density at radius 2 is 2.22 bits per heavy atom. The van der Waals surface area contributed by atoms with Crippen molar-refractivity contribution < 1.29 is 9.21 Å². The average Bonchev–Trinajstić information content (AvgIpc) is 3.16. The van der Waals surface area contributed by atoms with Crippen LogP contribution in [0.5, 0.6) is 0 Å². The lowest BCUT2D eigenvalue weighted by Gasteiger charge is -2.01. The second kappa shape index (κ2) is 6.48. The maximum atomic E-state index is 11.7. The van der Waals surface area contributed by atoms with E-state index >= 15 is 0 Å². The van der Waals surface area contributed by atoms with E-state index in [4.69, 9.17) is 4.42 Å². The number of hydrogen-bond acceptors (Lipinski definition) is 7. The lowest BCUT2D eigenvalue weighted by atomic mass is 10.1. The first kappa shape index (κ1) is 15.0. The first-order valence-corrected chi connectivity index (χ1v) is 7.56. The fraction of sp³-hybridized carbons (Fsp3) is 0.154. The lowest BCUT2D eigenvalue weighted by Crippen LogP contribution is -2.31. The van der Waals surface area contributed by atoms with Gasteiger partial charge in [0, 0.05) is 5.56 Å². The highest BCUT2D eigenvalue weighted by atomic mass is 32.2. The summed E-state index contributed by atoms with van der Waals surface area (Å²) in [7, 11) is 0. The van der Waals surface area contributed by atoms with Crippen molar-refractivity contribution >= 4 is 17.7 Å². The smallest absolute Gasteiger partial charge is 0.362 e. The molecule has 0 fully saturated rings. The number of thioether (sulfide) groups is 1. The molecule has 0 atom stereocenters. The molecule has 0 bridgehead atoms. The molecule has 3 aromatic rings. The van der Waals surface area contributed by atoms with Crippen molar-refractivity contribution in [1.29, 1.82) is 0 Å². The quantitative estimate of drug-likeness (QED) is 0.663. The molecule has 0 spiro atoms. The van der Waals surface area contributed by atoms with E-state index < -0.39 is 11.6 Å². The van der Waals surface area contributed by atoms with Gasteiger partial charge in [0.2, 0.25) is 11.8 Å². The van der Waals surface area contributed by atoms with Crippen LogP contribution in [0, 0.1) is 6.92 Å². The van der Waals surface area contributed by atoms with E-state index in [1.165, 1.54) is 6.33 Å².